The largest absolute Gasteiger partial charge is 0.381 e. The lowest BCUT2D eigenvalue weighted by Crippen LogP contribution is -2.26. The summed E-state index contributed by atoms with van der Waals surface area (Å²) in [5.74, 6) is 0.955. The number of anilines is 2. The maximum atomic E-state index is 11.8. The quantitative estimate of drug-likeness (QED) is 0.804. The molecule has 3 rings (SSSR count). The number of fused-ring (bicyclic) bond motifs is 1. The Bertz CT molecular complexity index is 643. The second kappa shape index (κ2) is 3.35. The molecule has 0 aliphatic carbocycles. The highest BCUT2D eigenvalue weighted by Gasteiger charge is 2.38. The van der Waals surface area contributed by atoms with Gasteiger partial charge in [0, 0.05) is 17.3 Å². The predicted molar refractivity (Wildman–Crippen MR) is 68.0 cm³/mol. The maximum absolute atomic E-state index is 11.8. The molecule has 5 heteroatoms. The van der Waals surface area contributed by atoms with E-state index < -0.39 is 5.41 Å². The molecule has 18 heavy (non-hydrogen) atoms. The molecule has 1 aliphatic rings. The maximum Gasteiger partial charge on any atom is 0.234 e. The number of benzene rings is 1. The number of nitrogens with two attached hydrogens (primary N) is 1. The van der Waals surface area contributed by atoms with E-state index in [1.165, 1.54) is 0 Å². The summed E-state index contributed by atoms with van der Waals surface area (Å²) in [5.41, 5.74) is 7.67. The van der Waals surface area contributed by atoms with Gasteiger partial charge in [-0.25, -0.2) is 0 Å². The molecule has 2 aromatic rings. The van der Waals surface area contributed by atoms with E-state index in [9.17, 15) is 4.79 Å². The third-order valence-corrected chi connectivity index (χ3v) is 3.32. The number of carbonyl (C=O) groups is 1. The molecule has 1 amide bonds. The Morgan fingerprint density at radius 3 is 2.78 bits per heavy atom. The van der Waals surface area contributed by atoms with Crippen LogP contribution in [0.3, 0.4) is 0 Å². The summed E-state index contributed by atoms with van der Waals surface area (Å²) in [6, 6.07) is 7.35. The first-order valence-electron chi connectivity index (χ1n) is 5.67. The third kappa shape index (κ3) is 1.40. The Kier molecular flexibility index (Phi) is 2.02. The number of amides is 1. The molecule has 0 saturated heterocycles. The molecule has 2 heterocycles. The summed E-state index contributed by atoms with van der Waals surface area (Å²) in [5, 5.41) is 6.52. The highest BCUT2D eigenvalue weighted by atomic mass is 16.5. The molecule has 0 unspecified atom stereocenters. The van der Waals surface area contributed by atoms with Gasteiger partial charge in [-0.2, -0.15) is 0 Å². The summed E-state index contributed by atoms with van der Waals surface area (Å²) < 4.78 is 5.12. The SMILES string of the molecule is CC1(C)C(=O)Nc2ccc(-c3cc(N)no3)cc21. The van der Waals surface area contributed by atoms with Crippen molar-refractivity contribution in [3.63, 3.8) is 0 Å². The van der Waals surface area contributed by atoms with Gasteiger partial charge < -0.3 is 15.6 Å². The van der Waals surface area contributed by atoms with Crippen LogP contribution in [0.25, 0.3) is 11.3 Å². The molecule has 0 fully saturated rings. The first-order chi connectivity index (χ1) is 8.48. The fraction of sp³-hybridized carbons (Fsp3) is 0.231. The standard InChI is InChI=1S/C13H13N3O2/c1-13(2)8-5-7(10-6-11(14)16-18-10)3-4-9(8)15-12(13)17/h3-6H,1-2H3,(H2,14,16)(H,15,17). The zero-order chi connectivity index (χ0) is 12.9. The van der Waals surface area contributed by atoms with Crippen molar-refractivity contribution in [3.05, 3.63) is 29.8 Å². The summed E-state index contributed by atoms with van der Waals surface area (Å²) >= 11 is 0. The van der Waals surface area contributed by atoms with Crippen molar-refractivity contribution in [2.75, 3.05) is 11.1 Å². The van der Waals surface area contributed by atoms with E-state index in [0.717, 1.165) is 16.8 Å². The molecular weight excluding hydrogens is 230 g/mol. The second-order valence-corrected chi connectivity index (χ2v) is 4.96. The van der Waals surface area contributed by atoms with E-state index >= 15 is 0 Å². The van der Waals surface area contributed by atoms with Gasteiger partial charge >= 0.3 is 0 Å². The Labute approximate surface area is 104 Å². The van der Waals surface area contributed by atoms with Crippen LogP contribution in [0.5, 0.6) is 0 Å². The summed E-state index contributed by atoms with van der Waals surface area (Å²) in [7, 11) is 0. The topological polar surface area (TPSA) is 81.2 Å². The van der Waals surface area contributed by atoms with Crippen molar-refractivity contribution < 1.29 is 9.32 Å². The number of nitrogens with zero attached hydrogens (tertiary/aromatic N) is 1. The first-order valence-corrected chi connectivity index (χ1v) is 5.67. The van der Waals surface area contributed by atoms with Crippen molar-refractivity contribution in [1.29, 1.82) is 0 Å². The number of carbonyl (C=O) groups excluding carboxylic acids is 1. The highest BCUT2D eigenvalue weighted by molar-refractivity contribution is 6.06. The van der Waals surface area contributed by atoms with Crippen LogP contribution >= 0.6 is 0 Å². The fourth-order valence-electron chi connectivity index (χ4n) is 2.15. The molecule has 0 saturated carbocycles. The zero-order valence-electron chi connectivity index (χ0n) is 10.2. The fourth-order valence-corrected chi connectivity index (χ4v) is 2.15. The molecule has 1 aromatic carbocycles. The molecule has 0 bridgehead atoms. The highest BCUT2D eigenvalue weighted by Crippen LogP contribution is 2.39. The Balaban J connectivity index is 2.13. The van der Waals surface area contributed by atoms with Crippen molar-refractivity contribution in [2.45, 2.75) is 19.3 Å². The van der Waals surface area contributed by atoms with Gasteiger partial charge in [-0.3, -0.25) is 4.79 Å². The van der Waals surface area contributed by atoms with Gasteiger partial charge in [-0.05, 0) is 37.6 Å². The van der Waals surface area contributed by atoms with Gasteiger partial charge in [-0.1, -0.05) is 5.16 Å². The molecule has 0 spiro atoms. The lowest BCUT2D eigenvalue weighted by atomic mass is 9.85. The van der Waals surface area contributed by atoms with Crippen LogP contribution in [0.1, 0.15) is 19.4 Å². The van der Waals surface area contributed by atoms with E-state index in [-0.39, 0.29) is 5.91 Å². The smallest absolute Gasteiger partial charge is 0.234 e. The minimum Gasteiger partial charge on any atom is -0.381 e. The lowest BCUT2D eigenvalue weighted by molar-refractivity contribution is -0.119. The number of nitrogen functional groups attached to an aromatic ring is 1. The Morgan fingerprint density at radius 1 is 1.33 bits per heavy atom. The Hall–Kier alpha value is -2.30. The molecule has 0 radical (unpaired) electrons. The van der Waals surface area contributed by atoms with Crippen LogP contribution in [-0.2, 0) is 10.2 Å². The van der Waals surface area contributed by atoms with Crippen LogP contribution in [0.15, 0.2) is 28.8 Å². The van der Waals surface area contributed by atoms with Gasteiger partial charge in [0.1, 0.15) is 0 Å². The summed E-state index contributed by atoms with van der Waals surface area (Å²) in [6.45, 7) is 3.79. The summed E-state index contributed by atoms with van der Waals surface area (Å²) in [4.78, 5) is 11.8. The number of rotatable bonds is 1. The monoisotopic (exact) mass is 243 g/mol. The number of nitrogens with one attached hydrogen (secondary N) is 1. The number of hydrogen-bond donors (Lipinski definition) is 2. The average molecular weight is 243 g/mol. The zero-order valence-corrected chi connectivity index (χ0v) is 10.2. The molecule has 5 nitrogen and oxygen atoms in total. The van der Waals surface area contributed by atoms with Crippen LogP contribution < -0.4 is 11.1 Å². The van der Waals surface area contributed by atoms with Gasteiger partial charge in [-0.15, -0.1) is 0 Å². The van der Waals surface area contributed by atoms with Gasteiger partial charge in [0.25, 0.3) is 0 Å². The minimum atomic E-state index is -0.531. The van der Waals surface area contributed by atoms with Gasteiger partial charge in [0.05, 0.1) is 5.41 Å². The van der Waals surface area contributed by atoms with Gasteiger partial charge in [0.2, 0.25) is 5.91 Å². The van der Waals surface area contributed by atoms with Crippen LogP contribution in [-0.4, -0.2) is 11.1 Å². The first kappa shape index (κ1) is 10.8. The molecule has 1 aromatic heterocycles. The number of hydrogen-bond acceptors (Lipinski definition) is 4. The molecule has 92 valence electrons. The average Bonchev–Trinajstić information content (AvgIpc) is 2.83. The van der Waals surface area contributed by atoms with Crippen LogP contribution in [0, 0.1) is 0 Å². The molecule has 1 aliphatic heterocycles. The summed E-state index contributed by atoms with van der Waals surface area (Å²) in [6.07, 6.45) is 0. The lowest BCUT2D eigenvalue weighted by Gasteiger charge is -2.15. The van der Waals surface area contributed by atoms with Crippen molar-refractivity contribution in [2.24, 2.45) is 0 Å². The van der Waals surface area contributed by atoms with E-state index in [4.69, 9.17) is 10.3 Å². The Morgan fingerprint density at radius 2 is 2.11 bits per heavy atom. The van der Waals surface area contributed by atoms with E-state index in [0.29, 0.717) is 11.6 Å². The molecular formula is C13H13N3O2. The van der Waals surface area contributed by atoms with Gasteiger partial charge in [0.15, 0.2) is 11.6 Å². The predicted octanol–water partition coefficient (Wildman–Crippen LogP) is 2.15. The van der Waals surface area contributed by atoms with Crippen LogP contribution in [0.2, 0.25) is 0 Å². The van der Waals surface area contributed by atoms with Crippen molar-refractivity contribution in [3.8, 4) is 11.3 Å². The third-order valence-electron chi connectivity index (χ3n) is 3.32. The van der Waals surface area contributed by atoms with Crippen molar-refractivity contribution in [1.82, 2.24) is 5.16 Å². The van der Waals surface area contributed by atoms with E-state index in [2.05, 4.69) is 10.5 Å². The van der Waals surface area contributed by atoms with Crippen molar-refractivity contribution >= 4 is 17.4 Å². The molecule has 0 atom stereocenters. The number of aromatic nitrogens is 1. The van der Waals surface area contributed by atoms with E-state index in [1.54, 1.807) is 6.07 Å². The minimum absolute atomic E-state index is 0.00623. The molecule has 3 N–H and O–H groups in total. The van der Waals surface area contributed by atoms with E-state index in [1.807, 2.05) is 32.0 Å². The normalized spacial score (nSPS) is 16.4. The second-order valence-electron chi connectivity index (χ2n) is 4.96. The van der Waals surface area contributed by atoms with Crippen LogP contribution in [0.4, 0.5) is 11.5 Å².